The third-order valence-corrected chi connectivity index (χ3v) is 6.97. The lowest BCUT2D eigenvalue weighted by molar-refractivity contribution is 0.0951. The van der Waals surface area contributed by atoms with E-state index in [0.717, 1.165) is 11.8 Å². The molecule has 1 N–H and O–H groups in total. The second-order valence-corrected chi connectivity index (χ2v) is 10.1. The molecule has 1 amide bonds. The van der Waals surface area contributed by atoms with E-state index in [1.54, 1.807) is 48.5 Å². The maximum Gasteiger partial charge on any atom is 0.251 e. The zero-order valence-electron chi connectivity index (χ0n) is 17.5. The van der Waals surface area contributed by atoms with Crippen LogP contribution >= 0.6 is 23.2 Å². The molecule has 1 heterocycles. The van der Waals surface area contributed by atoms with Gasteiger partial charge in [0.15, 0.2) is 11.5 Å². The summed E-state index contributed by atoms with van der Waals surface area (Å²) in [5.74, 6) is 1.08. The van der Waals surface area contributed by atoms with Crippen molar-refractivity contribution in [3.63, 3.8) is 0 Å². The van der Waals surface area contributed by atoms with Crippen LogP contribution < -0.4 is 19.1 Å². The fourth-order valence-electron chi connectivity index (χ4n) is 3.33. The van der Waals surface area contributed by atoms with Crippen molar-refractivity contribution in [2.45, 2.75) is 13.1 Å². The molecule has 3 aromatic carbocycles. The van der Waals surface area contributed by atoms with Gasteiger partial charge in [-0.1, -0.05) is 47.5 Å². The molecule has 0 spiro atoms. The molecule has 3 aromatic rings. The number of carbonyl (C=O) groups is 1. The van der Waals surface area contributed by atoms with Gasteiger partial charge >= 0.3 is 0 Å². The van der Waals surface area contributed by atoms with Gasteiger partial charge in [-0.15, -0.1) is 0 Å². The van der Waals surface area contributed by atoms with Crippen LogP contribution in [0.2, 0.25) is 10.0 Å². The Kier molecular flexibility index (Phi) is 6.69. The highest BCUT2D eigenvalue weighted by Crippen LogP contribution is 2.35. The summed E-state index contributed by atoms with van der Waals surface area (Å²) in [6, 6.07) is 17.0. The molecule has 33 heavy (non-hydrogen) atoms. The molecule has 0 aromatic heterocycles. The van der Waals surface area contributed by atoms with Gasteiger partial charge in [0.05, 0.1) is 28.5 Å². The first-order valence-electron chi connectivity index (χ1n) is 9.90. The van der Waals surface area contributed by atoms with Gasteiger partial charge in [0.25, 0.3) is 5.91 Å². The number of nitrogens with zero attached hydrogens (tertiary/aromatic N) is 1. The third kappa shape index (κ3) is 5.35. The van der Waals surface area contributed by atoms with Gasteiger partial charge in [0.2, 0.25) is 16.8 Å². The van der Waals surface area contributed by atoms with Gasteiger partial charge in [0.1, 0.15) is 0 Å². The number of hydrogen-bond donors (Lipinski definition) is 1. The number of sulfonamides is 1. The number of benzene rings is 3. The van der Waals surface area contributed by atoms with Crippen LogP contribution in [-0.2, 0) is 23.1 Å². The standard InChI is InChI=1S/C23H20Cl2N2O5S/c1-33(29,30)27(19-4-2-3-18(24)22(19)25)13-15-5-8-17(9-6-15)23(28)26-12-16-7-10-20-21(11-16)32-14-31-20/h2-11H,12-14H2,1H3,(H,26,28). The highest BCUT2D eigenvalue weighted by molar-refractivity contribution is 7.92. The van der Waals surface area contributed by atoms with Crippen molar-refractivity contribution in [2.75, 3.05) is 17.4 Å². The number of fused-ring (bicyclic) bond motifs is 1. The summed E-state index contributed by atoms with van der Waals surface area (Å²) < 4.78 is 36.6. The SMILES string of the molecule is CS(=O)(=O)N(Cc1ccc(C(=O)NCc2ccc3c(c2)OCO3)cc1)c1cccc(Cl)c1Cl. The summed E-state index contributed by atoms with van der Waals surface area (Å²) >= 11 is 12.3. The Morgan fingerprint density at radius 2 is 1.70 bits per heavy atom. The first-order chi connectivity index (χ1) is 15.7. The number of rotatable bonds is 7. The van der Waals surface area contributed by atoms with Crippen molar-refractivity contribution in [2.24, 2.45) is 0 Å². The molecule has 0 fully saturated rings. The molecular formula is C23H20Cl2N2O5S. The number of nitrogens with one attached hydrogen (secondary N) is 1. The highest BCUT2D eigenvalue weighted by atomic mass is 35.5. The summed E-state index contributed by atoms with van der Waals surface area (Å²) in [5, 5.41) is 3.27. The largest absolute Gasteiger partial charge is 0.454 e. The average molecular weight is 507 g/mol. The summed E-state index contributed by atoms with van der Waals surface area (Å²) in [7, 11) is -3.63. The number of halogens is 2. The molecule has 0 unspecified atom stereocenters. The quantitative estimate of drug-likeness (QED) is 0.505. The molecule has 0 saturated carbocycles. The first kappa shape index (κ1) is 23.2. The van der Waals surface area contributed by atoms with Gasteiger partial charge in [-0.05, 0) is 47.5 Å². The molecule has 0 aliphatic carbocycles. The van der Waals surface area contributed by atoms with Crippen molar-refractivity contribution in [3.8, 4) is 11.5 Å². The van der Waals surface area contributed by atoms with E-state index in [1.165, 1.54) is 4.31 Å². The zero-order chi connectivity index (χ0) is 23.6. The first-order valence-corrected chi connectivity index (χ1v) is 12.5. The summed E-state index contributed by atoms with van der Waals surface area (Å²) in [6.45, 7) is 0.558. The van der Waals surface area contributed by atoms with Gasteiger partial charge in [-0.25, -0.2) is 8.42 Å². The maximum absolute atomic E-state index is 12.5. The number of ether oxygens (including phenoxy) is 2. The van der Waals surface area contributed by atoms with Gasteiger partial charge in [-0.2, -0.15) is 0 Å². The van der Waals surface area contributed by atoms with Crippen LogP contribution in [0.25, 0.3) is 0 Å². The molecule has 0 saturated heterocycles. The number of anilines is 1. The Hall–Kier alpha value is -2.94. The average Bonchev–Trinajstić information content (AvgIpc) is 3.25. The maximum atomic E-state index is 12.5. The molecule has 0 atom stereocenters. The molecular weight excluding hydrogens is 487 g/mol. The predicted octanol–water partition coefficient (Wildman–Crippen LogP) is 4.62. The van der Waals surface area contributed by atoms with E-state index in [-0.39, 0.29) is 35.0 Å². The van der Waals surface area contributed by atoms with E-state index in [0.29, 0.717) is 29.2 Å². The van der Waals surface area contributed by atoms with Gasteiger partial charge < -0.3 is 14.8 Å². The molecule has 1 aliphatic rings. The Labute approximate surface area is 201 Å². The second-order valence-electron chi connectivity index (χ2n) is 7.41. The van der Waals surface area contributed by atoms with Crippen LogP contribution in [0.4, 0.5) is 5.69 Å². The smallest absolute Gasteiger partial charge is 0.251 e. The molecule has 172 valence electrons. The van der Waals surface area contributed by atoms with E-state index in [9.17, 15) is 13.2 Å². The highest BCUT2D eigenvalue weighted by Gasteiger charge is 2.22. The lowest BCUT2D eigenvalue weighted by atomic mass is 10.1. The summed E-state index contributed by atoms with van der Waals surface area (Å²) in [5.41, 5.74) is 2.30. The fourth-order valence-corrected chi connectivity index (χ4v) is 4.67. The van der Waals surface area contributed by atoms with Crippen LogP contribution in [0.1, 0.15) is 21.5 Å². The monoisotopic (exact) mass is 506 g/mol. The van der Waals surface area contributed by atoms with Gasteiger partial charge in [0, 0.05) is 12.1 Å². The minimum absolute atomic E-state index is 0.0397. The van der Waals surface area contributed by atoms with E-state index < -0.39 is 10.0 Å². The lowest BCUT2D eigenvalue weighted by Crippen LogP contribution is -2.29. The zero-order valence-corrected chi connectivity index (χ0v) is 19.9. The van der Waals surface area contributed by atoms with Crippen molar-refractivity contribution in [1.82, 2.24) is 5.32 Å². The fraction of sp³-hybridized carbons (Fsp3) is 0.174. The second kappa shape index (κ2) is 9.51. The molecule has 1 aliphatic heterocycles. The Bertz CT molecular complexity index is 1300. The normalized spacial score (nSPS) is 12.5. The number of carbonyl (C=O) groups excluding carboxylic acids is 1. The Morgan fingerprint density at radius 3 is 2.42 bits per heavy atom. The van der Waals surface area contributed by atoms with Crippen molar-refractivity contribution in [3.05, 3.63) is 87.4 Å². The van der Waals surface area contributed by atoms with Crippen LogP contribution in [0, 0.1) is 0 Å². The van der Waals surface area contributed by atoms with E-state index in [4.69, 9.17) is 32.7 Å². The summed E-state index contributed by atoms with van der Waals surface area (Å²) in [4.78, 5) is 12.5. The molecule has 10 heteroatoms. The van der Waals surface area contributed by atoms with Crippen LogP contribution in [0.5, 0.6) is 11.5 Å². The minimum atomic E-state index is -3.63. The van der Waals surface area contributed by atoms with Crippen LogP contribution in [0.3, 0.4) is 0 Å². The van der Waals surface area contributed by atoms with E-state index >= 15 is 0 Å². The van der Waals surface area contributed by atoms with Crippen molar-refractivity contribution in [1.29, 1.82) is 0 Å². The molecule has 0 bridgehead atoms. The molecule has 4 rings (SSSR count). The van der Waals surface area contributed by atoms with Crippen molar-refractivity contribution < 1.29 is 22.7 Å². The van der Waals surface area contributed by atoms with E-state index in [1.807, 2.05) is 12.1 Å². The molecule has 7 nitrogen and oxygen atoms in total. The van der Waals surface area contributed by atoms with Crippen LogP contribution in [0.15, 0.2) is 60.7 Å². The number of amides is 1. The Morgan fingerprint density at radius 1 is 1.00 bits per heavy atom. The Balaban J connectivity index is 1.44. The van der Waals surface area contributed by atoms with Crippen molar-refractivity contribution >= 4 is 44.8 Å². The predicted molar refractivity (Wildman–Crippen MR) is 128 cm³/mol. The molecule has 0 radical (unpaired) electrons. The topological polar surface area (TPSA) is 84.9 Å². The van der Waals surface area contributed by atoms with Crippen LogP contribution in [-0.4, -0.2) is 27.4 Å². The summed E-state index contributed by atoms with van der Waals surface area (Å²) in [6.07, 6.45) is 1.10. The van der Waals surface area contributed by atoms with E-state index in [2.05, 4.69) is 5.32 Å². The third-order valence-electron chi connectivity index (χ3n) is 5.03. The lowest BCUT2D eigenvalue weighted by Gasteiger charge is -2.24. The number of hydrogen-bond acceptors (Lipinski definition) is 5. The van der Waals surface area contributed by atoms with Gasteiger partial charge in [-0.3, -0.25) is 9.10 Å². The minimum Gasteiger partial charge on any atom is -0.454 e.